The zero-order chi connectivity index (χ0) is 12.3. The van der Waals surface area contributed by atoms with Crippen LogP contribution in [-0.4, -0.2) is 12.1 Å². The van der Waals surface area contributed by atoms with E-state index in [1.807, 2.05) is 0 Å². The summed E-state index contributed by atoms with van der Waals surface area (Å²) >= 11 is 3.27. The monoisotopic (exact) mass is 297 g/mol. The molecule has 0 saturated carbocycles. The fourth-order valence-electron chi connectivity index (χ4n) is 1.23. The number of ether oxygens (including phenoxy) is 2. The molecule has 2 rings (SSSR count). The Balaban J connectivity index is 2.27. The molecule has 1 aromatic carbocycles. The van der Waals surface area contributed by atoms with E-state index in [0.717, 1.165) is 0 Å². The Hall–Kier alpha value is -1.62. The first-order valence-corrected chi connectivity index (χ1v) is 5.62. The van der Waals surface area contributed by atoms with Crippen molar-refractivity contribution in [3.05, 3.63) is 46.7 Å². The Kier molecular flexibility index (Phi) is 3.58. The normalized spacial score (nSPS) is 10.1. The van der Waals surface area contributed by atoms with Gasteiger partial charge in [-0.15, -0.1) is 0 Å². The quantitative estimate of drug-likeness (QED) is 0.864. The molecule has 0 saturated heterocycles. The van der Waals surface area contributed by atoms with E-state index in [9.17, 15) is 4.39 Å². The van der Waals surface area contributed by atoms with Crippen LogP contribution in [0.15, 0.2) is 40.9 Å². The van der Waals surface area contributed by atoms with Crippen molar-refractivity contribution in [1.29, 1.82) is 0 Å². The zero-order valence-electron chi connectivity index (χ0n) is 8.98. The molecule has 1 aromatic heterocycles. The molecule has 0 aliphatic carbocycles. The van der Waals surface area contributed by atoms with Crippen LogP contribution in [0, 0.1) is 5.82 Å². The molecule has 17 heavy (non-hydrogen) atoms. The van der Waals surface area contributed by atoms with Crippen molar-refractivity contribution in [2.45, 2.75) is 0 Å². The summed E-state index contributed by atoms with van der Waals surface area (Å²) < 4.78 is 24.1. The van der Waals surface area contributed by atoms with E-state index in [-0.39, 0.29) is 5.82 Å². The molecule has 3 nitrogen and oxygen atoms in total. The molecule has 0 N–H and O–H groups in total. The number of nitrogens with zero attached hydrogens (tertiary/aromatic N) is 1. The highest BCUT2D eigenvalue weighted by Crippen LogP contribution is 2.29. The van der Waals surface area contributed by atoms with E-state index in [1.54, 1.807) is 24.3 Å². The predicted octanol–water partition coefficient (Wildman–Crippen LogP) is 3.78. The van der Waals surface area contributed by atoms with Gasteiger partial charge >= 0.3 is 0 Å². The first-order chi connectivity index (χ1) is 8.19. The third-order valence-corrected chi connectivity index (χ3v) is 2.67. The fourth-order valence-corrected chi connectivity index (χ4v) is 1.56. The molecular formula is C12H9BrFNO2. The Morgan fingerprint density at radius 3 is 2.71 bits per heavy atom. The summed E-state index contributed by atoms with van der Waals surface area (Å²) in [5.41, 5.74) is 0. The summed E-state index contributed by atoms with van der Waals surface area (Å²) in [5.74, 6) is 0.780. The maximum atomic E-state index is 13.0. The summed E-state index contributed by atoms with van der Waals surface area (Å²) in [6.45, 7) is 0. The van der Waals surface area contributed by atoms with Gasteiger partial charge < -0.3 is 9.47 Å². The molecule has 0 atom stereocenters. The van der Waals surface area contributed by atoms with Crippen molar-refractivity contribution in [3.63, 3.8) is 0 Å². The van der Waals surface area contributed by atoms with Crippen LogP contribution < -0.4 is 9.47 Å². The molecule has 5 heteroatoms. The Bertz CT molecular complexity index is 534. The van der Waals surface area contributed by atoms with Crippen LogP contribution in [0.25, 0.3) is 0 Å². The minimum atomic E-state index is -0.369. The maximum absolute atomic E-state index is 13.0. The van der Waals surface area contributed by atoms with Crippen LogP contribution in [0.2, 0.25) is 0 Å². The number of pyridine rings is 1. The van der Waals surface area contributed by atoms with Crippen molar-refractivity contribution in [1.82, 2.24) is 4.98 Å². The van der Waals surface area contributed by atoms with Crippen LogP contribution in [0.4, 0.5) is 4.39 Å². The van der Waals surface area contributed by atoms with E-state index >= 15 is 0 Å². The molecule has 1 heterocycles. The maximum Gasteiger partial charge on any atom is 0.222 e. The molecule has 0 amide bonds. The topological polar surface area (TPSA) is 31.4 Å². The minimum Gasteiger partial charge on any atom is -0.481 e. The molecule has 2 aromatic rings. The molecule has 0 fully saturated rings. The second-order valence-electron chi connectivity index (χ2n) is 3.19. The van der Waals surface area contributed by atoms with Crippen molar-refractivity contribution in [3.8, 4) is 17.5 Å². The van der Waals surface area contributed by atoms with E-state index in [0.29, 0.717) is 22.0 Å². The molecule has 0 aliphatic heterocycles. The number of benzene rings is 1. The lowest BCUT2D eigenvalue weighted by Gasteiger charge is -2.07. The second-order valence-corrected chi connectivity index (χ2v) is 4.05. The van der Waals surface area contributed by atoms with Crippen molar-refractivity contribution in [2.75, 3.05) is 7.11 Å². The summed E-state index contributed by atoms with van der Waals surface area (Å²) in [6, 6.07) is 9.31. The van der Waals surface area contributed by atoms with E-state index in [4.69, 9.17) is 9.47 Å². The number of halogens is 2. The number of rotatable bonds is 3. The van der Waals surface area contributed by atoms with Gasteiger partial charge in [-0.1, -0.05) is 6.07 Å². The van der Waals surface area contributed by atoms with Gasteiger partial charge in [0.25, 0.3) is 0 Å². The van der Waals surface area contributed by atoms with Gasteiger partial charge in [0.15, 0.2) is 0 Å². The number of hydrogen-bond acceptors (Lipinski definition) is 3. The van der Waals surface area contributed by atoms with Gasteiger partial charge in [0.2, 0.25) is 11.8 Å². The van der Waals surface area contributed by atoms with Crippen LogP contribution in [0.3, 0.4) is 0 Å². The largest absolute Gasteiger partial charge is 0.481 e. The van der Waals surface area contributed by atoms with Gasteiger partial charge in [0.05, 0.1) is 11.6 Å². The van der Waals surface area contributed by atoms with Gasteiger partial charge in [0, 0.05) is 18.2 Å². The molecule has 0 unspecified atom stereocenters. The van der Waals surface area contributed by atoms with E-state index < -0.39 is 0 Å². The van der Waals surface area contributed by atoms with Crippen LogP contribution in [-0.2, 0) is 0 Å². The SMILES string of the molecule is COc1cccc(Oc2cc(F)ccc2Br)n1. The summed E-state index contributed by atoms with van der Waals surface area (Å²) in [4.78, 5) is 4.07. The first kappa shape index (κ1) is 11.9. The highest BCUT2D eigenvalue weighted by Gasteiger charge is 2.06. The predicted molar refractivity (Wildman–Crippen MR) is 65.0 cm³/mol. The van der Waals surface area contributed by atoms with Gasteiger partial charge in [-0.2, -0.15) is 4.98 Å². The van der Waals surface area contributed by atoms with Crippen LogP contribution >= 0.6 is 15.9 Å². The molecule has 0 bridgehead atoms. The average molecular weight is 298 g/mol. The third-order valence-electron chi connectivity index (χ3n) is 2.01. The van der Waals surface area contributed by atoms with Crippen molar-refractivity contribution >= 4 is 15.9 Å². The molecule has 88 valence electrons. The number of aromatic nitrogens is 1. The first-order valence-electron chi connectivity index (χ1n) is 4.83. The summed E-state index contributed by atoms with van der Waals surface area (Å²) in [6.07, 6.45) is 0. The van der Waals surface area contributed by atoms with E-state index in [1.165, 1.54) is 19.2 Å². The van der Waals surface area contributed by atoms with Gasteiger partial charge in [-0.05, 0) is 28.1 Å². The number of methoxy groups -OCH3 is 1. The van der Waals surface area contributed by atoms with Crippen LogP contribution in [0.1, 0.15) is 0 Å². The summed E-state index contributed by atoms with van der Waals surface area (Å²) in [7, 11) is 1.52. The molecule has 0 aliphatic rings. The lowest BCUT2D eigenvalue weighted by atomic mass is 10.3. The number of hydrogen-bond donors (Lipinski definition) is 0. The smallest absolute Gasteiger partial charge is 0.222 e. The Morgan fingerprint density at radius 1 is 1.18 bits per heavy atom. The summed E-state index contributed by atoms with van der Waals surface area (Å²) in [5, 5.41) is 0. The van der Waals surface area contributed by atoms with Crippen molar-refractivity contribution < 1.29 is 13.9 Å². The Labute approximate surface area is 106 Å². The third kappa shape index (κ3) is 2.94. The van der Waals surface area contributed by atoms with Crippen molar-refractivity contribution in [2.24, 2.45) is 0 Å². The Morgan fingerprint density at radius 2 is 1.94 bits per heavy atom. The second kappa shape index (κ2) is 5.14. The molecule has 0 radical (unpaired) electrons. The highest BCUT2D eigenvalue weighted by molar-refractivity contribution is 9.10. The highest BCUT2D eigenvalue weighted by atomic mass is 79.9. The zero-order valence-corrected chi connectivity index (χ0v) is 10.6. The molecular weight excluding hydrogens is 289 g/mol. The minimum absolute atomic E-state index is 0.343. The standard InChI is InChI=1S/C12H9BrFNO2/c1-16-11-3-2-4-12(15-11)17-10-7-8(14)5-6-9(10)13/h2-7H,1H3. The van der Waals surface area contributed by atoms with E-state index in [2.05, 4.69) is 20.9 Å². The van der Waals surface area contributed by atoms with Gasteiger partial charge in [-0.25, -0.2) is 4.39 Å². The molecule has 0 spiro atoms. The lowest BCUT2D eigenvalue weighted by molar-refractivity contribution is 0.382. The average Bonchev–Trinajstić information content (AvgIpc) is 2.34. The van der Waals surface area contributed by atoms with Gasteiger partial charge in [-0.3, -0.25) is 0 Å². The van der Waals surface area contributed by atoms with Gasteiger partial charge in [0.1, 0.15) is 11.6 Å². The van der Waals surface area contributed by atoms with Crippen LogP contribution in [0.5, 0.6) is 17.5 Å². The fraction of sp³-hybridized carbons (Fsp3) is 0.0833. The lowest BCUT2D eigenvalue weighted by Crippen LogP contribution is -1.92.